The van der Waals surface area contributed by atoms with Crippen LogP contribution in [0.1, 0.15) is 0 Å². The van der Waals surface area contributed by atoms with E-state index in [-0.39, 0.29) is 15.6 Å². The molecule has 0 spiro atoms. The van der Waals surface area contributed by atoms with Gasteiger partial charge in [0.15, 0.2) is 10.4 Å². The number of H-pyrrole nitrogens is 1. The average molecular weight is 234 g/mol. The minimum absolute atomic E-state index is 0.0631. The molecule has 0 aliphatic heterocycles. The van der Waals surface area contributed by atoms with E-state index in [1.807, 2.05) is 0 Å². The van der Waals surface area contributed by atoms with Crippen LogP contribution in [0.15, 0.2) is 21.2 Å². The fraction of sp³-hybridized carbons (Fsp3) is 0. The van der Waals surface area contributed by atoms with Gasteiger partial charge >= 0.3 is 0 Å². The molecule has 6 heteroatoms. The second kappa shape index (κ2) is 2.41. The van der Waals surface area contributed by atoms with Crippen molar-refractivity contribution in [2.75, 3.05) is 0 Å². The van der Waals surface area contributed by atoms with E-state index in [0.29, 0.717) is 4.47 Å². The maximum atomic E-state index is 13.0. The topological polar surface area (TPSA) is 51.9 Å². The van der Waals surface area contributed by atoms with Crippen molar-refractivity contribution in [3.05, 3.63) is 27.3 Å². The van der Waals surface area contributed by atoms with Crippen molar-refractivity contribution in [1.82, 2.24) is 5.16 Å². The summed E-state index contributed by atoms with van der Waals surface area (Å²) in [4.78, 5) is 10.8. The van der Waals surface area contributed by atoms with E-state index in [1.165, 1.54) is 12.1 Å². The first-order chi connectivity index (χ1) is 5.68. The molecule has 2 rings (SSSR count). The Bertz CT molecular complexity index is 490. The first-order valence-electron chi connectivity index (χ1n) is 3.08. The van der Waals surface area contributed by atoms with Gasteiger partial charge in [0.05, 0.1) is 0 Å². The molecule has 0 unspecified atom stereocenters. The van der Waals surface area contributed by atoms with Crippen molar-refractivity contribution in [2.45, 2.75) is 0 Å². The Labute approximate surface area is 73.6 Å². The van der Waals surface area contributed by atoms with Crippen molar-refractivity contribution >= 4 is 27.0 Å². The molecule has 0 aliphatic carbocycles. The Kier molecular flexibility index (Phi) is 1.50. The lowest BCUT2D eigenvalue weighted by Gasteiger charge is -1.85. The second-order valence-corrected chi connectivity index (χ2v) is 3.15. The minimum atomic E-state index is -0.530. The van der Waals surface area contributed by atoms with E-state index in [4.69, 9.17) is 0 Å². The molecule has 0 atom stereocenters. The molecule has 0 saturated heterocycles. The Morgan fingerprint density at radius 2 is 2.33 bits per heavy atom. The molecule has 0 amide bonds. The molecule has 1 aromatic carbocycles. The summed E-state index contributed by atoms with van der Waals surface area (Å²) in [5.41, 5.74) is 0.190. The number of nitrogens with zero attached hydrogens (tertiary/aromatic N) is 1. The van der Waals surface area contributed by atoms with Gasteiger partial charge in [0.25, 0.3) is 11.0 Å². The van der Waals surface area contributed by atoms with Gasteiger partial charge in [-0.15, -0.1) is 0 Å². The third-order valence-corrected chi connectivity index (χ3v) is 1.92. The molecular formula is C6H3BrFN2O2+. The monoisotopic (exact) mass is 233 g/mol. The zero-order valence-corrected chi connectivity index (χ0v) is 7.26. The number of fused-ring (bicyclic) bond motifs is 1. The average Bonchev–Trinajstić information content (AvgIpc) is 2.33. The molecule has 12 heavy (non-hydrogen) atoms. The van der Waals surface area contributed by atoms with E-state index in [0.717, 1.165) is 0 Å². The van der Waals surface area contributed by atoms with Crippen LogP contribution in [0, 0.1) is 10.7 Å². The second-order valence-electron chi connectivity index (χ2n) is 2.23. The Morgan fingerprint density at radius 1 is 1.58 bits per heavy atom. The van der Waals surface area contributed by atoms with Crippen LogP contribution < -0.4 is 4.60 Å². The highest BCUT2D eigenvalue weighted by atomic mass is 79.9. The number of benzene rings is 1. The molecule has 1 heterocycles. The molecular weight excluding hydrogens is 231 g/mol. The summed E-state index contributed by atoms with van der Waals surface area (Å²) < 4.78 is 18.0. The van der Waals surface area contributed by atoms with E-state index in [2.05, 4.69) is 25.7 Å². The number of nitrogens with one attached hydrogen (secondary N) is 1. The number of halogens is 2. The number of aromatic amines is 1. The minimum Gasteiger partial charge on any atom is -0.202 e. The van der Waals surface area contributed by atoms with Gasteiger partial charge in [0.2, 0.25) is 0 Å². The van der Waals surface area contributed by atoms with Crippen LogP contribution in [-0.2, 0) is 0 Å². The van der Waals surface area contributed by atoms with Crippen LogP contribution in [-0.4, -0.2) is 5.16 Å². The van der Waals surface area contributed by atoms with E-state index >= 15 is 0 Å². The van der Waals surface area contributed by atoms with Crippen LogP contribution >= 0.6 is 15.9 Å². The van der Waals surface area contributed by atoms with Crippen molar-refractivity contribution in [1.29, 1.82) is 0 Å². The molecule has 62 valence electrons. The van der Waals surface area contributed by atoms with E-state index in [1.54, 1.807) is 0 Å². The predicted octanol–water partition coefficient (Wildman–Crippen LogP) is 1.58. The maximum absolute atomic E-state index is 13.0. The lowest BCUT2D eigenvalue weighted by molar-refractivity contribution is -0.692. The van der Waals surface area contributed by atoms with Gasteiger partial charge in [-0.2, -0.15) is 0 Å². The first kappa shape index (κ1) is 7.48. The van der Waals surface area contributed by atoms with Crippen molar-refractivity contribution in [3.8, 4) is 0 Å². The van der Waals surface area contributed by atoms with Crippen molar-refractivity contribution in [2.24, 2.45) is 0 Å². The first-order valence-corrected chi connectivity index (χ1v) is 3.87. The molecule has 1 N–H and O–H groups in total. The van der Waals surface area contributed by atoms with Crippen molar-refractivity contribution in [3.63, 3.8) is 0 Å². The maximum Gasteiger partial charge on any atom is 0.276 e. The summed E-state index contributed by atoms with van der Waals surface area (Å²) in [6, 6.07) is 2.71. The van der Waals surface area contributed by atoms with Gasteiger partial charge in [-0.1, -0.05) is 25.7 Å². The highest BCUT2D eigenvalue weighted by molar-refractivity contribution is 9.10. The Morgan fingerprint density at radius 3 is 3.08 bits per heavy atom. The fourth-order valence-corrected chi connectivity index (χ4v) is 1.36. The number of hydrogen-bond donors (Lipinski definition) is 1. The van der Waals surface area contributed by atoms with E-state index < -0.39 is 5.82 Å². The summed E-state index contributed by atoms with van der Waals surface area (Å²) in [5.74, 6) is -0.530. The number of rotatable bonds is 0. The number of hydrogen-bond acceptors (Lipinski definition) is 2. The Hall–Kier alpha value is -1.17. The largest absolute Gasteiger partial charge is 0.276 e. The SMILES string of the molecule is O=[n+]1o[nH]c2c(F)cc(Br)cc21. The highest BCUT2D eigenvalue weighted by Crippen LogP contribution is 2.18. The molecule has 2 aromatic rings. The van der Waals surface area contributed by atoms with Crippen LogP contribution in [0.25, 0.3) is 11.0 Å². The van der Waals surface area contributed by atoms with Gasteiger partial charge in [0, 0.05) is 10.5 Å². The summed E-state index contributed by atoms with van der Waals surface area (Å²) in [6.07, 6.45) is 0. The summed E-state index contributed by atoms with van der Waals surface area (Å²) >= 11 is 3.05. The molecule has 0 saturated carbocycles. The summed E-state index contributed by atoms with van der Waals surface area (Å²) in [5, 5.41) is 2.16. The molecule has 0 radical (unpaired) electrons. The quantitative estimate of drug-likeness (QED) is 0.752. The van der Waals surface area contributed by atoms with Crippen LogP contribution in [0.2, 0.25) is 0 Å². The standard InChI is InChI=1S/C6H3BrFN2O2/c7-3-1-4(8)6-5(2-3)10(11)12-9-6/h1-2,9H/q+1. The summed E-state index contributed by atoms with van der Waals surface area (Å²) in [6.45, 7) is 0. The highest BCUT2D eigenvalue weighted by Gasteiger charge is 2.15. The molecule has 0 aliphatic rings. The van der Waals surface area contributed by atoms with Gasteiger partial charge in [-0.25, -0.2) is 4.39 Å². The van der Waals surface area contributed by atoms with Gasteiger partial charge in [-0.3, -0.25) is 0 Å². The molecule has 0 fully saturated rings. The molecule has 1 aromatic heterocycles. The lowest BCUT2D eigenvalue weighted by Crippen LogP contribution is -2.08. The molecule has 4 nitrogen and oxygen atoms in total. The van der Waals surface area contributed by atoms with Gasteiger partial charge < -0.3 is 0 Å². The van der Waals surface area contributed by atoms with Crippen LogP contribution in [0.3, 0.4) is 0 Å². The fourth-order valence-electron chi connectivity index (χ4n) is 0.941. The van der Waals surface area contributed by atoms with Gasteiger partial charge in [-0.05, 0) is 11.0 Å². The predicted molar refractivity (Wildman–Crippen MR) is 41.6 cm³/mol. The summed E-state index contributed by atoms with van der Waals surface area (Å²) in [7, 11) is 0. The molecule has 0 bridgehead atoms. The van der Waals surface area contributed by atoms with Crippen molar-refractivity contribution < 1.29 is 13.6 Å². The Balaban J connectivity index is 3.02. The third kappa shape index (κ3) is 0.953. The van der Waals surface area contributed by atoms with Crippen LogP contribution in [0.4, 0.5) is 4.39 Å². The number of aromatic nitrogens is 2. The van der Waals surface area contributed by atoms with E-state index in [9.17, 15) is 9.30 Å². The zero-order chi connectivity index (χ0) is 8.72. The van der Waals surface area contributed by atoms with Gasteiger partial charge in [0.1, 0.15) is 0 Å². The van der Waals surface area contributed by atoms with Crippen LogP contribution in [0.5, 0.6) is 0 Å². The smallest absolute Gasteiger partial charge is 0.202 e. The zero-order valence-electron chi connectivity index (χ0n) is 5.67. The normalized spacial score (nSPS) is 10.8. The third-order valence-electron chi connectivity index (χ3n) is 1.46. The lowest BCUT2D eigenvalue weighted by atomic mass is 10.3.